The van der Waals surface area contributed by atoms with E-state index in [0.717, 1.165) is 0 Å². The van der Waals surface area contributed by atoms with Gasteiger partial charge in [-0.25, -0.2) is 4.39 Å². The fourth-order valence-corrected chi connectivity index (χ4v) is 2.50. The molecule has 4 nitrogen and oxygen atoms in total. The first kappa shape index (κ1) is 14.2. The van der Waals surface area contributed by atoms with Crippen LogP contribution in [-0.2, 0) is 9.53 Å². The maximum absolute atomic E-state index is 13.4. The number of hydrogen-bond donors (Lipinski definition) is 0. The van der Waals surface area contributed by atoms with E-state index in [1.807, 2.05) is 13.8 Å². The van der Waals surface area contributed by atoms with Gasteiger partial charge in [0.05, 0.1) is 24.6 Å². The molecular formula is C15H15FN2O2. The second-order valence-electron chi connectivity index (χ2n) is 5.40. The first-order valence-corrected chi connectivity index (χ1v) is 6.22. The van der Waals surface area contributed by atoms with Gasteiger partial charge >= 0.3 is 5.97 Å². The molecule has 1 aliphatic rings. The van der Waals surface area contributed by atoms with Crippen molar-refractivity contribution >= 4 is 12.2 Å². The van der Waals surface area contributed by atoms with E-state index in [0.29, 0.717) is 5.56 Å². The van der Waals surface area contributed by atoms with Crippen LogP contribution in [0.4, 0.5) is 4.39 Å². The lowest BCUT2D eigenvalue weighted by Crippen LogP contribution is -2.32. The monoisotopic (exact) mass is 274 g/mol. The van der Waals surface area contributed by atoms with Gasteiger partial charge in [-0.05, 0) is 17.7 Å². The van der Waals surface area contributed by atoms with Crippen molar-refractivity contribution < 1.29 is 13.9 Å². The smallest absolute Gasteiger partial charge is 0.312 e. The predicted molar refractivity (Wildman–Crippen MR) is 71.6 cm³/mol. The number of rotatable bonds is 2. The highest BCUT2D eigenvalue weighted by atomic mass is 19.1. The Labute approximate surface area is 116 Å². The molecule has 0 aromatic heterocycles. The zero-order valence-electron chi connectivity index (χ0n) is 11.6. The third kappa shape index (κ3) is 2.29. The van der Waals surface area contributed by atoms with Crippen LogP contribution < -0.4 is 0 Å². The Kier molecular flexibility index (Phi) is 3.58. The van der Waals surface area contributed by atoms with Crippen LogP contribution >= 0.6 is 0 Å². The van der Waals surface area contributed by atoms with Gasteiger partial charge in [-0.1, -0.05) is 19.9 Å². The van der Waals surface area contributed by atoms with E-state index < -0.39 is 23.2 Å². The van der Waals surface area contributed by atoms with E-state index in [2.05, 4.69) is 4.99 Å². The summed E-state index contributed by atoms with van der Waals surface area (Å²) in [6.45, 7) is 3.79. The highest BCUT2D eigenvalue weighted by Gasteiger charge is 2.45. The van der Waals surface area contributed by atoms with Gasteiger partial charge in [0.2, 0.25) is 0 Å². The molecule has 20 heavy (non-hydrogen) atoms. The van der Waals surface area contributed by atoms with Gasteiger partial charge in [0.15, 0.2) is 0 Å². The molecule has 104 valence electrons. The van der Waals surface area contributed by atoms with Crippen molar-refractivity contribution in [1.29, 1.82) is 5.26 Å². The summed E-state index contributed by atoms with van der Waals surface area (Å²) in [4.78, 5) is 16.4. The topological polar surface area (TPSA) is 62.5 Å². The van der Waals surface area contributed by atoms with Gasteiger partial charge in [0, 0.05) is 11.6 Å². The average Bonchev–Trinajstić information content (AvgIpc) is 2.74. The standard InChI is InChI=1S/C15H15FN2O2/c1-15(2)8-18-13(12(15)14(19)20-3)9-4-5-11(16)10(6-9)7-17/h4-6,8,12-13H,1-3H3. The largest absolute Gasteiger partial charge is 0.469 e. The molecule has 2 unspecified atom stereocenters. The van der Waals surface area contributed by atoms with Gasteiger partial charge in [0.25, 0.3) is 0 Å². The summed E-state index contributed by atoms with van der Waals surface area (Å²) in [6, 6.07) is 5.56. The lowest BCUT2D eigenvalue weighted by atomic mass is 9.76. The number of hydrogen-bond acceptors (Lipinski definition) is 4. The van der Waals surface area contributed by atoms with E-state index in [1.54, 1.807) is 18.4 Å². The molecule has 1 aromatic carbocycles. The Hall–Kier alpha value is -2.22. The van der Waals surface area contributed by atoms with E-state index >= 15 is 0 Å². The van der Waals surface area contributed by atoms with Crippen LogP contribution in [0.2, 0.25) is 0 Å². The Morgan fingerprint density at radius 1 is 1.50 bits per heavy atom. The summed E-state index contributed by atoms with van der Waals surface area (Å²) < 4.78 is 18.2. The van der Waals surface area contributed by atoms with E-state index in [1.165, 1.54) is 19.2 Å². The second-order valence-corrected chi connectivity index (χ2v) is 5.40. The third-order valence-electron chi connectivity index (χ3n) is 3.59. The van der Waals surface area contributed by atoms with Crippen molar-refractivity contribution in [3.05, 3.63) is 35.1 Å². The lowest BCUT2D eigenvalue weighted by molar-refractivity contribution is -0.148. The molecule has 5 heteroatoms. The van der Waals surface area contributed by atoms with Crippen LogP contribution in [0.15, 0.2) is 23.2 Å². The number of methoxy groups -OCH3 is 1. The van der Waals surface area contributed by atoms with Crippen LogP contribution in [0.5, 0.6) is 0 Å². The highest BCUT2D eigenvalue weighted by molar-refractivity contribution is 5.84. The first-order chi connectivity index (χ1) is 9.40. The molecule has 0 fully saturated rings. The van der Waals surface area contributed by atoms with E-state index in [9.17, 15) is 9.18 Å². The number of esters is 1. The van der Waals surface area contributed by atoms with Crippen LogP contribution in [-0.4, -0.2) is 19.3 Å². The molecule has 0 N–H and O–H groups in total. The Morgan fingerprint density at radius 3 is 2.80 bits per heavy atom. The lowest BCUT2D eigenvalue weighted by Gasteiger charge is -2.26. The van der Waals surface area contributed by atoms with E-state index in [-0.39, 0.29) is 11.5 Å². The van der Waals surface area contributed by atoms with Gasteiger partial charge in [-0.3, -0.25) is 9.79 Å². The van der Waals surface area contributed by atoms with Crippen LogP contribution in [0.1, 0.15) is 31.0 Å². The number of carbonyl (C=O) groups excluding carboxylic acids is 1. The summed E-state index contributed by atoms with van der Waals surface area (Å²) in [5.74, 6) is -1.42. The Balaban J connectivity index is 2.44. The molecule has 1 aliphatic heterocycles. The second kappa shape index (κ2) is 5.04. The number of aliphatic imine (C=N–C) groups is 1. The molecule has 0 spiro atoms. The van der Waals surface area contributed by atoms with Crippen molar-refractivity contribution in [2.45, 2.75) is 19.9 Å². The summed E-state index contributed by atoms with van der Waals surface area (Å²) >= 11 is 0. The zero-order valence-corrected chi connectivity index (χ0v) is 11.6. The molecule has 0 radical (unpaired) electrons. The normalized spacial score (nSPS) is 23.4. The molecule has 0 saturated heterocycles. The number of nitriles is 1. The number of halogens is 1. The number of ether oxygens (including phenoxy) is 1. The Bertz CT molecular complexity index is 617. The molecule has 2 rings (SSSR count). The highest BCUT2D eigenvalue weighted by Crippen LogP contribution is 2.44. The van der Waals surface area contributed by atoms with Crippen molar-refractivity contribution in [2.24, 2.45) is 16.3 Å². The zero-order chi connectivity index (χ0) is 14.9. The van der Waals surface area contributed by atoms with Crippen LogP contribution in [0, 0.1) is 28.5 Å². The number of nitrogens with zero attached hydrogens (tertiary/aromatic N) is 2. The van der Waals surface area contributed by atoms with Crippen molar-refractivity contribution in [3.8, 4) is 6.07 Å². The Morgan fingerprint density at radius 2 is 2.20 bits per heavy atom. The van der Waals surface area contributed by atoms with Crippen LogP contribution in [0.3, 0.4) is 0 Å². The van der Waals surface area contributed by atoms with Gasteiger partial charge < -0.3 is 4.74 Å². The van der Waals surface area contributed by atoms with E-state index in [4.69, 9.17) is 10.00 Å². The molecule has 0 saturated carbocycles. The van der Waals surface area contributed by atoms with Gasteiger partial charge in [0.1, 0.15) is 11.9 Å². The van der Waals surface area contributed by atoms with Crippen molar-refractivity contribution in [3.63, 3.8) is 0 Å². The van der Waals surface area contributed by atoms with Crippen LogP contribution in [0.25, 0.3) is 0 Å². The summed E-state index contributed by atoms with van der Waals surface area (Å²) in [5.41, 5.74) is 0.144. The molecule has 1 heterocycles. The third-order valence-corrected chi connectivity index (χ3v) is 3.59. The fourth-order valence-electron chi connectivity index (χ4n) is 2.50. The quantitative estimate of drug-likeness (QED) is 0.779. The van der Waals surface area contributed by atoms with Gasteiger partial charge in [-0.15, -0.1) is 0 Å². The molecular weight excluding hydrogens is 259 g/mol. The van der Waals surface area contributed by atoms with Gasteiger partial charge in [-0.2, -0.15) is 5.26 Å². The maximum atomic E-state index is 13.4. The summed E-state index contributed by atoms with van der Waals surface area (Å²) in [7, 11) is 1.33. The summed E-state index contributed by atoms with van der Waals surface area (Å²) in [5, 5.41) is 8.89. The molecule has 0 aliphatic carbocycles. The summed E-state index contributed by atoms with van der Waals surface area (Å²) in [6.07, 6.45) is 1.72. The van der Waals surface area contributed by atoms with Crippen molar-refractivity contribution in [1.82, 2.24) is 0 Å². The minimum absolute atomic E-state index is 0.0500. The average molecular weight is 274 g/mol. The molecule has 0 amide bonds. The number of benzene rings is 1. The minimum Gasteiger partial charge on any atom is -0.469 e. The molecule has 1 aromatic rings. The SMILES string of the molecule is COC(=O)C1C(c2ccc(F)c(C#N)c2)N=CC1(C)C. The van der Waals surface area contributed by atoms with Crippen molar-refractivity contribution in [2.75, 3.05) is 7.11 Å². The molecule has 2 atom stereocenters. The number of carbonyl (C=O) groups is 1. The predicted octanol–water partition coefficient (Wildman–Crippen LogP) is 2.64. The minimum atomic E-state index is -0.577. The molecule has 0 bridgehead atoms. The first-order valence-electron chi connectivity index (χ1n) is 6.22. The maximum Gasteiger partial charge on any atom is 0.312 e. The fraction of sp³-hybridized carbons (Fsp3) is 0.400.